The van der Waals surface area contributed by atoms with Crippen LogP contribution in [0.4, 0.5) is 14.5 Å². The molecule has 1 spiro atoms. The van der Waals surface area contributed by atoms with Gasteiger partial charge in [-0.3, -0.25) is 19.3 Å². The van der Waals surface area contributed by atoms with Gasteiger partial charge in [-0.15, -0.1) is 0 Å². The monoisotopic (exact) mass is 622 g/mol. The molecule has 0 aromatic heterocycles. The van der Waals surface area contributed by atoms with Crippen LogP contribution in [0.2, 0.25) is 0 Å². The van der Waals surface area contributed by atoms with E-state index in [-0.39, 0.29) is 23.3 Å². The van der Waals surface area contributed by atoms with Crippen LogP contribution in [0, 0.1) is 31.4 Å². The highest BCUT2D eigenvalue weighted by atomic mass is 19.1. The van der Waals surface area contributed by atoms with Crippen LogP contribution >= 0.6 is 0 Å². The Morgan fingerprint density at radius 2 is 1.69 bits per heavy atom. The molecule has 3 amide bonds. The molecule has 45 heavy (non-hydrogen) atoms. The van der Waals surface area contributed by atoms with Crippen molar-refractivity contribution in [1.82, 2.24) is 15.1 Å². The van der Waals surface area contributed by atoms with Gasteiger partial charge in [0.15, 0.2) is 0 Å². The van der Waals surface area contributed by atoms with Gasteiger partial charge in [0.1, 0.15) is 11.6 Å². The van der Waals surface area contributed by atoms with E-state index in [2.05, 4.69) is 57.0 Å². The first-order valence-electron chi connectivity index (χ1n) is 16.4. The summed E-state index contributed by atoms with van der Waals surface area (Å²) in [4.78, 5) is 45.9. The molecule has 244 valence electrons. The average molecular weight is 623 g/mol. The summed E-state index contributed by atoms with van der Waals surface area (Å²) >= 11 is 0. The Labute approximate surface area is 266 Å². The zero-order valence-corrected chi connectivity index (χ0v) is 27.9. The summed E-state index contributed by atoms with van der Waals surface area (Å²) in [5.41, 5.74) is 4.19. The Balaban J connectivity index is 1.40. The van der Waals surface area contributed by atoms with Gasteiger partial charge in [-0.1, -0.05) is 13.0 Å². The second kappa shape index (κ2) is 12.5. The third-order valence-electron chi connectivity index (χ3n) is 10.4. The van der Waals surface area contributed by atoms with Crippen molar-refractivity contribution in [3.8, 4) is 0 Å². The highest BCUT2D eigenvalue weighted by Gasteiger charge is 2.53. The quantitative estimate of drug-likeness (QED) is 0.421. The van der Waals surface area contributed by atoms with Gasteiger partial charge < -0.3 is 15.1 Å². The summed E-state index contributed by atoms with van der Waals surface area (Å²) in [5, 5.41) is 2.82. The Morgan fingerprint density at radius 1 is 1.00 bits per heavy atom. The SMILES string of the molecule is CCc1cc2c(cc1C)N(CCCNC(C)=O)C(=O)C21CCN(C(=O)[C@@H]2CN(C(C)(C)C)C[C@H]2c2cc(C)c(F)cc2F)CC1. The maximum absolute atomic E-state index is 15.2. The van der Waals surface area contributed by atoms with Crippen molar-refractivity contribution in [2.75, 3.05) is 44.2 Å². The average Bonchev–Trinajstić information content (AvgIpc) is 3.51. The molecule has 0 saturated carbocycles. The number of benzene rings is 2. The molecule has 3 aliphatic heterocycles. The summed E-state index contributed by atoms with van der Waals surface area (Å²) in [7, 11) is 0. The van der Waals surface area contributed by atoms with Gasteiger partial charge in [0.2, 0.25) is 17.7 Å². The number of piperidine rings is 1. The maximum Gasteiger partial charge on any atom is 0.237 e. The highest BCUT2D eigenvalue weighted by Crippen LogP contribution is 2.49. The lowest BCUT2D eigenvalue weighted by Gasteiger charge is -2.40. The number of likely N-dealkylation sites (tertiary alicyclic amines) is 2. The van der Waals surface area contributed by atoms with Crippen LogP contribution in [0.1, 0.15) is 87.6 Å². The van der Waals surface area contributed by atoms with E-state index in [1.54, 1.807) is 13.0 Å². The lowest BCUT2D eigenvalue weighted by molar-refractivity contribution is -0.139. The van der Waals surface area contributed by atoms with Crippen LogP contribution in [0.3, 0.4) is 0 Å². The second-order valence-electron chi connectivity index (χ2n) is 14.3. The first-order chi connectivity index (χ1) is 21.2. The van der Waals surface area contributed by atoms with Crippen LogP contribution in [-0.4, -0.2) is 72.3 Å². The number of hydrogen-bond acceptors (Lipinski definition) is 4. The van der Waals surface area contributed by atoms with E-state index >= 15 is 4.39 Å². The van der Waals surface area contributed by atoms with E-state index < -0.39 is 28.9 Å². The van der Waals surface area contributed by atoms with Gasteiger partial charge >= 0.3 is 0 Å². The van der Waals surface area contributed by atoms with Crippen LogP contribution < -0.4 is 10.2 Å². The highest BCUT2D eigenvalue weighted by molar-refractivity contribution is 6.08. The first kappa shape index (κ1) is 33.0. The molecule has 2 saturated heterocycles. The van der Waals surface area contributed by atoms with E-state index in [4.69, 9.17) is 0 Å². The molecule has 5 rings (SSSR count). The molecule has 2 atom stereocenters. The molecule has 2 fully saturated rings. The number of nitrogens with one attached hydrogen (secondary N) is 1. The number of carbonyl (C=O) groups is 3. The third kappa shape index (κ3) is 6.12. The molecular formula is C36H48F2N4O3. The van der Waals surface area contributed by atoms with Crippen LogP contribution in [0.25, 0.3) is 0 Å². The Hall–Kier alpha value is -3.33. The van der Waals surface area contributed by atoms with Crippen LogP contribution in [0.5, 0.6) is 0 Å². The topological polar surface area (TPSA) is 73.0 Å². The molecule has 3 heterocycles. The zero-order valence-electron chi connectivity index (χ0n) is 27.9. The van der Waals surface area contributed by atoms with Gasteiger partial charge in [0.25, 0.3) is 0 Å². The van der Waals surface area contributed by atoms with Crippen molar-refractivity contribution in [3.63, 3.8) is 0 Å². The smallest absolute Gasteiger partial charge is 0.237 e. The Kier molecular flexibility index (Phi) is 9.15. The third-order valence-corrected chi connectivity index (χ3v) is 10.4. The van der Waals surface area contributed by atoms with E-state index in [0.29, 0.717) is 69.7 Å². The molecule has 1 N–H and O–H groups in total. The number of aryl methyl sites for hydroxylation is 3. The molecule has 7 nitrogen and oxygen atoms in total. The molecular weight excluding hydrogens is 574 g/mol. The molecule has 0 unspecified atom stereocenters. The van der Waals surface area contributed by atoms with E-state index in [9.17, 15) is 18.8 Å². The van der Waals surface area contributed by atoms with Gasteiger partial charge in [-0.25, -0.2) is 8.78 Å². The molecule has 2 aromatic carbocycles. The number of hydrogen-bond donors (Lipinski definition) is 1. The number of carbonyl (C=O) groups excluding carboxylic acids is 3. The van der Waals surface area contributed by atoms with Gasteiger partial charge in [-0.2, -0.15) is 0 Å². The first-order valence-corrected chi connectivity index (χ1v) is 16.4. The Morgan fingerprint density at radius 3 is 2.31 bits per heavy atom. The normalized spacial score (nSPS) is 21.5. The van der Waals surface area contributed by atoms with E-state index in [0.717, 1.165) is 29.3 Å². The molecule has 9 heteroatoms. The van der Waals surface area contributed by atoms with Gasteiger partial charge in [0.05, 0.1) is 11.3 Å². The second-order valence-corrected chi connectivity index (χ2v) is 14.3. The minimum Gasteiger partial charge on any atom is -0.356 e. The minimum atomic E-state index is -0.704. The predicted molar refractivity (Wildman–Crippen MR) is 172 cm³/mol. The Bertz CT molecular complexity index is 1490. The number of nitrogens with zero attached hydrogens (tertiary/aromatic N) is 3. The van der Waals surface area contributed by atoms with Crippen molar-refractivity contribution in [2.24, 2.45) is 5.92 Å². The number of halogens is 2. The van der Waals surface area contributed by atoms with Crippen molar-refractivity contribution in [1.29, 1.82) is 0 Å². The fraction of sp³-hybridized carbons (Fsp3) is 0.583. The van der Waals surface area contributed by atoms with Gasteiger partial charge in [0, 0.05) is 69.4 Å². The molecule has 3 aliphatic rings. The van der Waals surface area contributed by atoms with Crippen molar-refractivity contribution >= 4 is 23.4 Å². The minimum absolute atomic E-state index is 0.0287. The molecule has 0 bridgehead atoms. The standard InChI is InChI=1S/C36H48F2N4O3/c1-8-25-18-29-32(17-22(25)2)42(13-9-12-39-24(4)43)34(45)36(29)10-14-40(15-11-36)33(44)28-21-41(35(5,6)7)20-27(28)26-16-23(3)30(37)19-31(26)38/h16-19,27-28H,8-15,20-21H2,1-7H3,(H,39,43)/t27-,28+/m0/s1. The summed E-state index contributed by atoms with van der Waals surface area (Å²) in [6.45, 7) is 16.5. The lowest BCUT2D eigenvalue weighted by Crippen LogP contribution is -2.52. The summed E-state index contributed by atoms with van der Waals surface area (Å²) < 4.78 is 29.4. The largest absolute Gasteiger partial charge is 0.356 e. The molecule has 2 aromatic rings. The fourth-order valence-electron chi connectivity index (χ4n) is 7.64. The summed E-state index contributed by atoms with van der Waals surface area (Å²) in [5.74, 6) is -2.10. The van der Waals surface area contributed by atoms with Crippen LogP contribution in [-0.2, 0) is 26.2 Å². The fourth-order valence-corrected chi connectivity index (χ4v) is 7.64. The van der Waals surface area contributed by atoms with E-state index in [1.807, 2.05) is 9.80 Å². The number of fused-ring (bicyclic) bond motifs is 2. The lowest BCUT2D eigenvalue weighted by atomic mass is 9.72. The number of anilines is 1. The van der Waals surface area contributed by atoms with E-state index in [1.165, 1.54) is 12.5 Å². The number of rotatable bonds is 7. The number of amides is 3. The van der Waals surface area contributed by atoms with Crippen molar-refractivity contribution < 1.29 is 23.2 Å². The van der Waals surface area contributed by atoms with Crippen LogP contribution in [0.15, 0.2) is 24.3 Å². The summed E-state index contributed by atoms with van der Waals surface area (Å²) in [6.07, 6.45) is 2.54. The van der Waals surface area contributed by atoms with Crippen molar-refractivity contribution in [3.05, 3.63) is 63.7 Å². The molecule has 0 radical (unpaired) electrons. The molecule has 0 aliphatic carbocycles. The predicted octanol–water partition coefficient (Wildman–Crippen LogP) is 5.39. The van der Waals surface area contributed by atoms with Crippen molar-refractivity contribution in [2.45, 2.75) is 91.0 Å². The van der Waals surface area contributed by atoms with Gasteiger partial charge in [-0.05, 0) is 100 Å². The zero-order chi connectivity index (χ0) is 32.8. The summed E-state index contributed by atoms with van der Waals surface area (Å²) in [6, 6.07) is 6.82. The maximum atomic E-state index is 15.2.